The van der Waals surface area contributed by atoms with Crippen molar-refractivity contribution in [1.29, 1.82) is 0 Å². The molecule has 0 unspecified atom stereocenters. The van der Waals surface area contributed by atoms with Crippen LogP contribution in [0.1, 0.15) is 25.0 Å². The second-order valence-electron chi connectivity index (χ2n) is 6.98. The van der Waals surface area contributed by atoms with Gasteiger partial charge in [-0.3, -0.25) is 14.9 Å². The Labute approximate surface area is 166 Å². The molecule has 2 aromatic heterocycles. The maximum atomic E-state index is 14.2. The van der Waals surface area contributed by atoms with Crippen molar-refractivity contribution in [3.8, 4) is 11.1 Å². The van der Waals surface area contributed by atoms with Gasteiger partial charge in [0, 0.05) is 47.0 Å². The van der Waals surface area contributed by atoms with Gasteiger partial charge in [-0.15, -0.1) is 0 Å². The maximum Gasteiger partial charge on any atom is 0.300 e. The normalized spacial score (nSPS) is 12.3. The first kappa shape index (κ1) is 20.3. The Balaban J connectivity index is 1.71. The number of alkyl halides is 2. The molecule has 0 atom stereocenters. The Bertz CT molecular complexity index is 1010. The van der Waals surface area contributed by atoms with Crippen molar-refractivity contribution in [2.24, 2.45) is 0 Å². The number of amides is 1. The van der Waals surface area contributed by atoms with Crippen LogP contribution in [0.25, 0.3) is 17.2 Å². The van der Waals surface area contributed by atoms with Crippen LogP contribution in [0.4, 0.5) is 14.5 Å². The van der Waals surface area contributed by atoms with Crippen LogP contribution < -0.4 is 5.32 Å². The minimum Gasteiger partial charge on any atom is -0.384 e. The summed E-state index contributed by atoms with van der Waals surface area (Å²) in [6, 6.07) is 6.89. The fourth-order valence-electron chi connectivity index (χ4n) is 2.67. The number of anilines is 1. The van der Waals surface area contributed by atoms with E-state index in [1.807, 2.05) is 6.07 Å². The second kappa shape index (κ2) is 7.92. The van der Waals surface area contributed by atoms with Gasteiger partial charge in [0.05, 0.1) is 6.20 Å². The number of carbonyl (C=O) groups excluding carboxylic acids is 1. The Morgan fingerprint density at radius 2 is 1.90 bits per heavy atom. The van der Waals surface area contributed by atoms with E-state index in [1.54, 1.807) is 30.9 Å². The van der Waals surface area contributed by atoms with Crippen molar-refractivity contribution >= 4 is 17.7 Å². The maximum absolute atomic E-state index is 14.2. The molecule has 0 saturated heterocycles. The van der Waals surface area contributed by atoms with Crippen LogP contribution in [0.3, 0.4) is 0 Å². The lowest BCUT2D eigenvalue weighted by Crippen LogP contribution is -2.40. The Morgan fingerprint density at radius 3 is 2.52 bits per heavy atom. The molecule has 29 heavy (non-hydrogen) atoms. The molecule has 1 amide bonds. The summed E-state index contributed by atoms with van der Waals surface area (Å²) >= 11 is 0. The van der Waals surface area contributed by atoms with Crippen LogP contribution >= 0.6 is 0 Å². The minimum absolute atomic E-state index is 0.335. The monoisotopic (exact) mass is 398 g/mol. The number of hydrogen-bond donors (Lipinski definition) is 3. The van der Waals surface area contributed by atoms with Crippen molar-refractivity contribution in [2.45, 2.75) is 25.4 Å². The van der Waals surface area contributed by atoms with Crippen molar-refractivity contribution in [1.82, 2.24) is 15.2 Å². The van der Waals surface area contributed by atoms with Crippen LogP contribution in [0.15, 0.2) is 61.2 Å². The van der Waals surface area contributed by atoms with Crippen LogP contribution in [-0.4, -0.2) is 31.8 Å². The van der Waals surface area contributed by atoms with Gasteiger partial charge in [0.25, 0.3) is 0 Å². The molecule has 2 heterocycles. The third-order valence-electron chi connectivity index (χ3n) is 4.36. The highest BCUT2D eigenvalue weighted by atomic mass is 19.3. The number of pyridine rings is 1. The Kier molecular flexibility index (Phi) is 5.56. The highest BCUT2D eigenvalue weighted by molar-refractivity contribution is 6.02. The largest absolute Gasteiger partial charge is 0.384 e. The summed E-state index contributed by atoms with van der Waals surface area (Å²) in [5.41, 5.74) is 0.266. The zero-order valence-electron chi connectivity index (χ0n) is 15.9. The molecule has 8 heteroatoms. The van der Waals surface area contributed by atoms with Gasteiger partial charge in [0.2, 0.25) is 5.91 Å². The van der Waals surface area contributed by atoms with Gasteiger partial charge in [0.1, 0.15) is 5.60 Å². The van der Waals surface area contributed by atoms with Crippen LogP contribution in [-0.2, 0) is 10.7 Å². The van der Waals surface area contributed by atoms with E-state index in [0.29, 0.717) is 5.69 Å². The fourth-order valence-corrected chi connectivity index (χ4v) is 2.67. The smallest absolute Gasteiger partial charge is 0.300 e. The summed E-state index contributed by atoms with van der Waals surface area (Å²) in [6.07, 6.45) is 9.61. The highest BCUT2D eigenvalue weighted by Crippen LogP contribution is 2.38. The number of carbonyl (C=O) groups is 1. The van der Waals surface area contributed by atoms with Crippen molar-refractivity contribution in [3.63, 3.8) is 0 Å². The molecule has 3 rings (SSSR count). The van der Waals surface area contributed by atoms with Gasteiger partial charge in [-0.05, 0) is 43.7 Å². The number of aromatic nitrogens is 3. The summed E-state index contributed by atoms with van der Waals surface area (Å²) in [6.45, 7) is 2.09. The molecule has 0 aliphatic carbocycles. The minimum atomic E-state index is -3.42. The second-order valence-corrected chi connectivity index (χ2v) is 6.98. The fraction of sp³-hybridized carbons (Fsp3) is 0.190. The van der Waals surface area contributed by atoms with E-state index in [4.69, 9.17) is 0 Å². The number of nitrogens with zero attached hydrogens (tertiary/aromatic N) is 2. The zero-order valence-corrected chi connectivity index (χ0v) is 15.9. The number of rotatable bonds is 6. The molecule has 0 aliphatic heterocycles. The van der Waals surface area contributed by atoms with E-state index in [9.17, 15) is 18.7 Å². The van der Waals surface area contributed by atoms with Gasteiger partial charge < -0.3 is 10.4 Å². The highest BCUT2D eigenvalue weighted by Gasteiger charge is 2.46. The lowest BCUT2D eigenvalue weighted by atomic mass is 9.93. The molecule has 3 aromatic rings. The average molecular weight is 398 g/mol. The number of nitrogens with one attached hydrogen (secondary N) is 2. The Morgan fingerprint density at radius 1 is 1.17 bits per heavy atom. The molecule has 0 spiro atoms. The molecule has 3 N–H and O–H groups in total. The van der Waals surface area contributed by atoms with E-state index >= 15 is 0 Å². The number of aliphatic hydroxyl groups is 1. The standard InChI is InChI=1S/C21H20F2N4O2/c1-20(2,29)21(22,23)16-4-6-17(7-5-16)27-19(28)8-3-14-11-24-10-9-18(14)15-12-25-26-13-15/h3-13,29H,1-2H3,(H,25,26)(H,27,28)/b8-3+. The van der Waals surface area contributed by atoms with E-state index in [1.165, 1.54) is 30.3 Å². The van der Waals surface area contributed by atoms with Crippen molar-refractivity contribution < 1.29 is 18.7 Å². The number of benzene rings is 1. The summed E-state index contributed by atoms with van der Waals surface area (Å²) in [5, 5.41) is 18.9. The topological polar surface area (TPSA) is 90.9 Å². The molecule has 150 valence electrons. The zero-order chi connectivity index (χ0) is 21.1. The van der Waals surface area contributed by atoms with E-state index in [-0.39, 0.29) is 5.56 Å². The number of halogens is 2. The van der Waals surface area contributed by atoms with Gasteiger partial charge >= 0.3 is 5.92 Å². The van der Waals surface area contributed by atoms with Crippen molar-refractivity contribution in [2.75, 3.05) is 5.32 Å². The quantitative estimate of drug-likeness (QED) is 0.548. The van der Waals surface area contributed by atoms with Gasteiger partial charge in [-0.2, -0.15) is 13.9 Å². The third-order valence-corrected chi connectivity index (χ3v) is 4.36. The van der Waals surface area contributed by atoms with Crippen LogP contribution in [0.2, 0.25) is 0 Å². The van der Waals surface area contributed by atoms with Gasteiger partial charge in [-0.1, -0.05) is 12.1 Å². The number of hydrogen-bond acceptors (Lipinski definition) is 4. The van der Waals surface area contributed by atoms with Crippen LogP contribution in [0.5, 0.6) is 0 Å². The van der Waals surface area contributed by atoms with Gasteiger partial charge in [-0.25, -0.2) is 0 Å². The molecular formula is C21H20F2N4O2. The first-order valence-corrected chi connectivity index (χ1v) is 8.81. The molecule has 0 saturated carbocycles. The summed E-state index contributed by atoms with van der Waals surface area (Å²) < 4.78 is 28.3. The third kappa shape index (κ3) is 4.55. The van der Waals surface area contributed by atoms with E-state index in [2.05, 4.69) is 20.5 Å². The average Bonchev–Trinajstić information content (AvgIpc) is 3.21. The summed E-state index contributed by atoms with van der Waals surface area (Å²) in [4.78, 5) is 16.3. The predicted octanol–water partition coefficient (Wildman–Crippen LogP) is 3.99. The van der Waals surface area contributed by atoms with Crippen LogP contribution in [0, 0.1) is 0 Å². The molecule has 0 fully saturated rings. The number of aromatic amines is 1. The first-order valence-electron chi connectivity index (χ1n) is 8.81. The summed E-state index contributed by atoms with van der Waals surface area (Å²) in [5.74, 6) is -3.84. The lowest BCUT2D eigenvalue weighted by molar-refractivity contribution is -0.168. The van der Waals surface area contributed by atoms with E-state index in [0.717, 1.165) is 30.5 Å². The Hall–Kier alpha value is -3.39. The molecule has 0 aliphatic rings. The molecular weight excluding hydrogens is 378 g/mol. The molecule has 6 nitrogen and oxygen atoms in total. The molecule has 0 bridgehead atoms. The molecule has 0 radical (unpaired) electrons. The number of H-pyrrole nitrogens is 1. The lowest BCUT2D eigenvalue weighted by Gasteiger charge is -2.29. The van der Waals surface area contributed by atoms with Crippen molar-refractivity contribution in [3.05, 3.63) is 72.3 Å². The van der Waals surface area contributed by atoms with E-state index < -0.39 is 17.4 Å². The van der Waals surface area contributed by atoms with Gasteiger partial charge in [0.15, 0.2) is 0 Å². The SMILES string of the molecule is CC(C)(O)C(F)(F)c1ccc(NC(=O)/C=C/c2cnccc2-c2cn[nH]c2)cc1. The predicted molar refractivity (Wildman–Crippen MR) is 106 cm³/mol. The first-order chi connectivity index (χ1) is 13.7. The summed E-state index contributed by atoms with van der Waals surface area (Å²) in [7, 11) is 0. The molecule has 1 aromatic carbocycles.